The van der Waals surface area contributed by atoms with Gasteiger partial charge in [-0.3, -0.25) is 4.79 Å². The molecule has 3 fully saturated rings. The minimum Gasteiger partial charge on any atom is -0.394 e. The summed E-state index contributed by atoms with van der Waals surface area (Å²) in [6, 6.07) is -1.00. The Balaban J connectivity index is 1.36. The molecule has 0 aromatic rings. The van der Waals surface area contributed by atoms with Crippen molar-refractivity contribution in [2.75, 3.05) is 26.4 Å². The monoisotopic (exact) mass is 1470 g/mol. The number of amides is 1. The van der Waals surface area contributed by atoms with Crippen LogP contribution in [0.25, 0.3) is 0 Å². The third-order valence-electron chi connectivity index (χ3n) is 19.5. The number of allylic oxidation sites excluding steroid dienone is 19. The van der Waals surface area contributed by atoms with Crippen molar-refractivity contribution in [3.63, 3.8) is 0 Å². The zero-order valence-electron chi connectivity index (χ0n) is 64.0. The van der Waals surface area contributed by atoms with Crippen molar-refractivity contribution >= 4 is 5.91 Å². The molecule has 1 amide bonds. The lowest BCUT2D eigenvalue weighted by Crippen LogP contribution is -2.66. The molecule has 12 N–H and O–H groups in total. The smallest absolute Gasteiger partial charge is 0.220 e. The summed E-state index contributed by atoms with van der Waals surface area (Å²) >= 11 is 0. The van der Waals surface area contributed by atoms with Gasteiger partial charge in [-0.1, -0.05) is 296 Å². The van der Waals surface area contributed by atoms with Crippen molar-refractivity contribution < 1.29 is 89.4 Å². The minimum atomic E-state index is -1.99. The molecule has 3 rings (SSSR count). The second kappa shape index (κ2) is 64.1. The van der Waals surface area contributed by atoms with Crippen molar-refractivity contribution in [1.29, 1.82) is 0 Å². The van der Waals surface area contributed by atoms with E-state index in [1.807, 2.05) is 6.08 Å². The molecule has 19 heteroatoms. The molecule has 0 bridgehead atoms. The molecule has 3 heterocycles. The van der Waals surface area contributed by atoms with Crippen molar-refractivity contribution in [3.05, 3.63) is 122 Å². The maximum absolute atomic E-state index is 13.5. The van der Waals surface area contributed by atoms with Gasteiger partial charge in [-0.15, -0.1) is 0 Å². The molecule has 17 atom stereocenters. The fraction of sp³-hybridized carbons (Fsp3) is 0.753. The van der Waals surface area contributed by atoms with Crippen molar-refractivity contribution in [3.8, 4) is 0 Å². The lowest BCUT2D eigenvalue weighted by molar-refractivity contribution is -0.379. The SMILES string of the molecule is CC/C=C\C/C=C\C/C=C\C/C=C\C/C=C\C/C=C\C/C=C\C/C=C\CCCCCCCCCCCCCCC(=O)NC(COC1OC(CO)C(OC2OC(CO)C(OC3OC(CO)C(O)C(O)C3O)C(O)C2O)C(O)C1O)C(O)/C=C/CC/C=C/CCCCCCCCCCCCCCCCCC. The van der Waals surface area contributed by atoms with Crippen LogP contribution in [0.4, 0.5) is 0 Å². The highest BCUT2D eigenvalue weighted by atomic mass is 16.8. The van der Waals surface area contributed by atoms with E-state index in [-0.39, 0.29) is 18.9 Å². The van der Waals surface area contributed by atoms with Crippen molar-refractivity contribution in [1.82, 2.24) is 5.32 Å². The Kier molecular flexibility index (Phi) is 58.1. The molecule has 104 heavy (non-hydrogen) atoms. The number of rotatable bonds is 63. The van der Waals surface area contributed by atoms with Gasteiger partial charge in [0, 0.05) is 6.42 Å². The maximum atomic E-state index is 13.5. The number of hydrogen-bond donors (Lipinski definition) is 12. The largest absolute Gasteiger partial charge is 0.394 e. The van der Waals surface area contributed by atoms with E-state index in [9.17, 15) is 61.0 Å². The van der Waals surface area contributed by atoms with Crippen molar-refractivity contribution in [2.45, 2.75) is 381 Å². The van der Waals surface area contributed by atoms with Gasteiger partial charge >= 0.3 is 0 Å². The van der Waals surface area contributed by atoms with Gasteiger partial charge in [0.15, 0.2) is 18.9 Å². The fourth-order valence-corrected chi connectivity index (χ4v) is 13.0. The second-order valence-corrected chi connectivity index (χ2v) is 28.5. The third-order valence-corrected chi connectivity index (χ3v) is 19.5. The third kappa shape index (κ3) is 43.4. The predicted octanol–water partition coefficient (Wildman–Crippen LogP) is 13.9. The molecule has 0 spiro atoms. The van der Waals surface area contributed by atoms with Crippen LogP contribution in [-0.2, 0) is 33.2 Å². The minimum absolute atomic E-state index is 0.226. The summed E-state index contributed by atoms with van der Waals surface area (Å²) in [6.45, 7) is 1.61. The summed E-state index contributed by atoms with van der Waals surface area (Å²) in [6.07, 6.45) is 63.2. The average molecular weight is 1470 g/mol. The van der Waals surface area contributed by atoms with Gasteiger partial charge in [-0.2, -0.15) is 0 Å². The Hall–Kier alpha value is -3.81. The first-order chi connectivity index (χ1) is 50.8. The molecule has 3 aliphatic heterocycles. The fourth-order valence-electron chi connectivity index (χ4n) is 13.0. The summed E-state index contributed by atoms with van der Waals surface area (Å²) in [7, 11) is 0. The number of ether oxygens (including phenoxy) is 6. The molecule has 17 unspecified atom stereocenters. The first-order valence-corrected chi connectivity index (χ1v) is 40.8. The molecular weight excluding hydrogens is 1320 g/mol. The summed E-state index contributed by atoms with van der Waals surface area (Å²) in [4.78, 5) is 13.5. The Morgan fingerprint density at radius 3 is 1.08 bits per heavy atom. The van der Waals surface area contributed by atoms with Crippen LogP contribution in [-0.4, -0.2) is 193 Å². The summed E-state index contributed by atoms with van der Waals surface area (Å²) in [5, 5.41) is 121. The topological polar surface area (TPSA) is 307 Å². The van der Waals surface area contributed by atoms with Crippen LogP contribution in [0.15, 0.2) is 122 Å². The van der Waals surface area contributed by atoms with Gasteiger partial charge in [0.25, 0.3) is 0 Å². The first kappa shape index (κ1) is 94.4. The molecule has 0 aliphatic carbocycles. The van der Waals surface area contributed by atoms with E-state index < -0.39 is 124 Å². The Morgan fingerprint density at radius 2 is 0.673 bits per heavy atom. The number of nitrogens with one attached hydrogen (secondary N) is 1. The Bertz CT molecular complexity index is 2350. The molecule has 19 nitrogen and oxygen atoms in total. The summed E-state index contributed by atoms with van der Waals surface area (Å²) in [5.41, 5.74) is 0. The number of aliphatic hydroxyl groups is 11. The standard InChI is InChI=1S/C85H145NO18/c1-3-5-7-9-11-13-15-17-19-21-23-25-27-28-29-30-31-32-33-34-35-36-37-38-39-40-41-43-45-47-49-51-53-55-57-59-61-63-73(91)86-68(69(90)62-60-58-56-54-52-50-48-46-44-42-26-24-22-20-18-16-14-12-10-8-6-4-2)67-99-83-79(97)76(94)81(71(65-88)101-83)104-85-80(98)77(95)82(72(66-89)102-85)103-84-78(96)75(93)74(92)70(64-87)100-84/h5,7,11,13,17,19,23,25,28-29,31-32,34-35,37-38,52,54,60,62,68-72,74-85,87-90,92-98H,3-4,6,8-10,12,14-16,18,20-22,24,26-27,30,33,36,39-51,53,55-59,61,63-67H2,1-2H3,(H,86,91)/b7-5-,13-11-,19-17-,25-23-,29-28-,32-31-,35-34-,38-37-,54-52+,62-60+. The van der Waals surface area contributed by atoms with E-state index >= 15 is 0 Å². The normalized spacial score (nSPS) is 26.6. The van der Waals surface area contributed by atoms with Gasteiger partial charge in [0.2, 0.25) is 5.91 Å². The summed E-state index contributed by atoms with van der Waals surface area (Å²) in [5.74, 6) is -0.290. The van der Waals surface area contributed by atoms with Gasteiger partial charge in [0.1, 0.15) is 73.2 Å². The molecule has 3 aliphatic rings. The van der Waals surface area contributed by atoms with Crippen LogP contribution in [0, 0.1) is 0 Å². The van der Waals surface area contributed by atoms with E-state index in [1.165, 1.54) is 141 Å². The number of carbonyl (C=O) groups excluding carboxylic acids is 1. The van der Waals surface area contributed by atoms with Crippen LogP contribution < -0.4 is 5.32 Å². The lowest BCUT2D eigenvalue weighted by Gasteiger charge is -2.48. The Morgan fingerprint density at radius 1 is 0.356 bits per heavy atom. The van der Waals surface area contributed by atoms with Gasteiger partial charge in [0.05, 0.1) is 38.6 Å². The number of carbonyl (C=O) groups is 1. The van der Waals surface area contributed by atoms with Crippen LogP contribution >= 0.6 is 0 Å². The van der Waals surface area contributed by atoms with E-state index in [0.717, 1.165) is 103 Å². The molecule has 0 radical (unpaired) electrons. The zero-order valence-corrected chi connectivity index (χ0v) is 64.0. The average Bonchev–Trinajstić information content (AvgIpc) is 0.783. The van der Waals surface area contributed by atoms with E-state index in [2.05, 4.69) is 129 Å². The van der Waals surface area contributed by atoms with E-state index in [4.69, 9.17) is 28.4 Å². The molecule has 598 valence electrons. The summed E-state index contributed by atoms with van der Waals surface area (Å²) < 4.78 is 34.4. The molecule has 0 aromatic carbocycles. The second-order valence-electron chi connectivity index (χ2n) is 28.5. The van der Waals surface area contributed by atoms with E-state index in [0.29, 0.717) is 12.8 Å². The lowest BCUT2D eigenvalue weighted by atomic mass is 9.96. The van der Waals surface area contributed by atoms with Crippen LogP contribution in [0.2, 0.25) is 0 Å². The maximum Gasteiger partial charge on any atom is 0.220 e. The predicted molar refractivity (Wildman–Crippen MR) is 415 cm³/mol. The molecule has 0 saturated carbocycles. The highest BCUT2D eigenvalue weighted by Crippen LogP contribution is 2.33. The molecule has 3 saturated heterocycles. The van der Waals surface area contributed by atoms with Gasteiger partial charge in [-0.05, 0) is 96.3 Å². The highest BCUT2D eigenvalue weighted by molar-refractivity contribution is 5.76. The first-order valence-electron chi connectivity index (χ1n) is 40.8. The quantitative estimate of drug-likeness (QED) is 0.0199. The Labute approximate surface area is 627 Å². The molecular formula is C85H145NO18. The highest BCUT2D eigenvalue weighted by Gasteiger charge is 2.54. The number of aliphatic hydroxyl groups excluding tert-OH is 11. The van der Waals surface area contributed by atoms with Crippen LogP contribution in [0.1, 0.15) is 277 Å². The molecule has 0 aromatic heterocycles. The van der Waals surface area contributed by atoms with Crippen LogP contribution in [0.5, 0.6) is 0 Å². The van der Waals surface area contributed by atoms with Crippen LogP contribution in [0.3, 0.4) is 0 Å². The van der Waals surface area contributed by atoms with Crippen molar-refractivity contribution in [2.24, 2.45) is 0 Å². The number of unbranched alkanes of at least 4 members (excludes halogenated alkanes) is 29. The van der Waals surface area contributed by atoms with Gasteiger partial charge in [-0.25, -0.2) is 0 Å². The number of hydrogen-bond acceptors (Lipinski definition) is 18. The zero-order chi connectivity index (χ0) is 75.3. The van der Waals surface area contributed by atoms with E-state index in [1.54, 1.807) is 6.08 Å². The van der Waals surface area contributed by atoms with Gasteiger partial charge < -0.3 is 89.9 Å².